The van der Waals surface area contributed by atoms with Crippen LogP contribution < -0.4 is 4.90 Å². The van der Waals surface area contributed by atoms with Crippen LogP contribution in [0.15, 0.2) is 24.3 Å². The number of hydrogen-bond acceptors (Lipinski definition) is 2. The van der Waals surface area contributed by atoms with Crippen LogP contribution in [0.25, 0.3) is 0 Å². The maximum Gasteiger partial charge on any atom is 0.227 e. The SMILES string of the molecule is CN(C(=O)CC1CCCC1)c1ccccc1C#N. The molecule has 2 rings (SSSR count). The number of carbonyl (C=O) groups excluding carboxylic acids is 1. The summed E-state index contributed by atoms with van der Waals surface area (Å²) in [5.74, 6) is 0.652. The highest BCUT2D eigenvalue weighted by Gasteiger charge is 2.21. The largest absolute Gasteiger partial charge is 0.314 e. The molecule has 18 heavy (non-hydrogen) atoms. The number of hydrogen-bond donors (Lipinski definition) is 0. The third kappa shape index (κ3) is 2.70. The Hall–Kier alpha value is -1.82. The van der Waals surface area contributed by atoms with Gasteiger partial charge in [0.1, 0.15) is 6.07 Å². The zero-order valence-electron chi connectivity index (χ0n) is 10.7. The van der Waals surface area contributed by atoms with Gasteiger partial charge < -0.3 is 4.90 Å². The lowest BCUT2D eigenvalue weighted by atomic mass is 10.0. The highest BCUT2D eigenvalue weighted by Crippen LogP contribution is 2.29. The molecule has 1 aliphatic carbocycles. The van der Waals surface area contributed by atoms with E-state index < -0.39 is 0 Å². The third-order valence-electron chi connectivity index (χ3n) is 3.70. The Balaban J connectivity index is 2.08. The van der Waals surface area contributed by atoms with Crippen molar-refractivity contribution in [1.82, 2.24) is 0 Å². The van der Waals surface area contributed by atoms with Gasteiger partial charge in [0.2, 0.25) is 5.91 Å². The standard InChI is InChI=1S/C15H18N2O/c1-17(14-9-5-4-8-13(14)11-16)15(18)10-12-6-2-3-7-12/h4-5,8-9,12H,2-3,6-7,10H2,1H3. The Morgan fingerprint density at radius 1 is 1.39 bits per heavy atom. The van der Waals surface area contributed by atoms with Gasteiger partial charge in [-0.3, -0.25) is 4.79 Å². The van der Waals surface area contributed by atoms with Gasteiger partial charge in [-0.05, 0) is 30.9 Å². The number of amides is 1. The van der Waals surface area contributed by atoms with Gasteiger partial charge in [0.25, 0.3) is 0 Å². The summed E-state index contributed by atoms with van der Waals surface area (Å²) in [6, 6.07) is 9.37. The van der Waals surface area contributed by atoms with Crippen molar-refractivity contribution >= 4 is 11.6 Å². The van der Waals surface area contributed by atoms with Gasteiger partial charge in [-0.2, -0.15) is 5.26 Å². The van der Waals surface area contributed by atoms with Gasteiger partial charge in [0, 0.05) is 13.5 Å². The molecule has 3 nitrogen and oxygen atoms in total. The van der Waals surface area contributed by atoms with E-state index in [9.17, 15) is 4.79 Å². The lowest BCUT2D eigenvalue weighted by molar-refractivity contribution is -0.119. The molecule has 0 atom stereocenters. The van der Waals surface area contributed by atoms with Crippen LogP contribution >= 0.6 is 0 Å². The molecule has 1 aliphatic rings. The van der Waals surface area contributed by atoms with E-state index in [0.717, 1.165) is 0 Å². The molecule has 1 aromatic carbocycles. The van der Waals surface area contributed by atoms with Crippen molar-refractivity contribution in [2.24, 2.45) is 5.92 Å². The van der Waals surface area contributed by atoms with Crippen LogP contribution in [0.4, 0.5) is 5.69 Å². The fourth-order valence-corrected chi connectivity index (χ4v) is 2.59. The van der Waals surface area contributed by atoms with Crippen LogP contribution in [0.2, 0.25) is 0 Å². The minimum atomic E-state index is 0.115. The van der Waals surface area contributed by atoms with Crippen molar-refractivity contribution in [3.05, 3.63) is 29.8 Å². The first-order chi connectivity index (χ1) is 8.72. The number of benzene rings is 1. The van der Waals surface area contributed by atoms with Crippen molar-refractivity contribution in [2.45, 2.75) is 32.1 Å². The van der Waals surface area contributed by atoms with E-state index in [1.54, 1.807) is 18.0 Å². The Kier molecular flexibility index (Phi) is 3.99. The number of nitrogens with zero attached hydrogens (tertiary/aromatic N) is 2. The quantitative estimate of drug-likeness (QED) is 0.817. The smallest absolute Gasteiger partial charge is 0.227 e. The molecule has 94 valence electrons. The van der Waals surface area contributed by atoms with Crippen LogP contribution in [0.1, 0.15) is 37.7 Å². The molecule has 0 bridgehead atoms. The molecule has 0 N–H and O–H groups in total. The fraction of sp³-hybridized carbons (Fsp3) is 0.467. The zero-order valence-corrected chi connectivity index (χ0v) is 10.7. The normalized spacial score (nSPS) is 15.3. The molecule has 0 unspecified atom stereocenters. The molecular formula is C15H18N2O. The molecule has 0 aliphatic heterocycles. The summed E-state index contributed by atoms with van der Waals surface area (Å²) in [4.78, 5) is 13.8. The predicted octanol–water partition coefficient (Wildman–Crippen LogP) is 3.10. The zero-order chi connectivity index (χ0) is 13.0. The Labute approximate surface area is 108 Å². The topological polar surface area (TPSA) is 44.1 Å². The van der Waals surface area contributed by atoms with Crippen LogP contribution in [-0.4, -0.2) is 13.0 Å². The van der Waals surface area contributed by atoms with Crippen molar-refractivity contribution in [3.8, 4) is 6.07 Å². The highest BCUT2D eigenvalue weighted by molar-refractivity contribution is 5.94. The first-order valence-electron chi connectivity index (χ1n) is 6.48. The van der Waals surface area contributed by atoms with Gasteiger partial charge in [-0.1, -0.05) is 25.0 Å². The Morgan fingerprint density at radius 3 is 2.72 bits per heavy atom. The fourth-order valence-electron chi connectivity index (χ4n) is 2.59. The van der Waals surface area contributed by atoms with E-state index >= 15 is 0 Å². The average molecular weight is 242 g/mol. The Bertz CT molecular complexity index is 470. The van der Waals surface area contributed by atoms with Gasteiger partial charge in [0.05, 0.1) is 11.3 Å². The number of para-hydroxylation sites is 1. The van der Waals surface area contributed by atoms with Crippen LogP contribution in [0.3, 0.4) is 0 Å². The molecule has 3 heteroatoms. The van der Waals surface area contributed by atoms with Gasteiger partial charge in [0.15, 0.2) is 0 Å². The van der Waals surface area contributed by atoms with Crippen molar-refractivity contribution in [3.63, 3.8) is 0 Å². The molecule has 0 spiro atoms. The number of anilines is 1. The summed E-state index contributed by atoms with van der Waals surface area (Å²) in [5.41, 5.74) is 1.27. The van der Waals surface area contributed by atoms with E-state index in [4.69, 9.17) is 5.26 Å². The molecule has 1 fully saturated rings. The van der Waals surface area contributed by atoms with E-state index in [-0.39, 0.29) is 5.91 Å². The first kappa shape index (κ1) is 12.6. The summed E-state index contributed by atoms with van der Waals surface area (Å²) >= 11 is 0. The van der Waals surface area contributed by atoms with Gasteiger partial charge >= 0.3 is 0 Å². The molecule has 1 saturated carbocycles. The second-order valence-corrected chi connectivity index (χ2v) is 4.94. The van der Waals surface area contributed by atoms with Crippen LogP contribution in [0.5, 0.6) is 0 Å². The van der Waals surface area contributed by atoms with Gasteiger partial charge in [-0.15, -0.1) is 0 Å². The Morgan fingerprint density at radius 2 is 2.06 bits per heavy atom. The van der Waals surface area contributed by atoms with Crippen molar-refractivity contribution in [1.29, 1.82) is 5.26 Å². The van der Waals surface area contributed by atoms with Crippen LogP contribution in [-0.2, 0) is 4.79 Å². The molecule has 0 saturated heterocycles. The molecule has 0 radical (unpaired) electrons. The second kappa shape index (κ2) is 5.68. The monoisotopic (exact) mass is 242 g/mol. The number of carbonyl (C=O) groups is 1. The molecule has 1 amide bonds. The molecule has 0 heterocycles. The summed E-state index contributed by atoms with van der Waals surface area (Å²) in [6.07, 6.45) is 5.43. The second-order valence-electron chi connectivity index (χ2n) is 4.94. The highest BCUT2D eigenvalue weighted by atomic mass is 16.2. The first-order valence-corrected chi connectivity index (χ1v) is 6.48. The lowest BCUT2D eigenvalue weighted by Crippen LogP contribution is -2.28. The maximum atomic E-state index is 12.2. The number of rotatable bonds is 3. The summed E-state index contributed by atoms with van der Waals surface area (Å²) in [7, 11) is 1.76. The minimum absolute atomic E-state index is 0.115. The summed E-state index contributed by atoms with van der Waals surface area (Å²) in [5, 5.41) is 9.05. The van der Waals surface area contributed by atoms with E-state index in [0.29, 0.717) is 23.6 Å². The summed E-state index contributed by atoms with van der Waals surface area (Å²) in [6.45, 7) is 0. The van der Waals surface area contributed by atoms with E-state index in [1.807, 2.05) is 18.2 Å². The molecule has 0 aromatic heterocycles. The van der Waals surface area contributed by atoms with Crippen molar-refractivity contribution < 1.29 is 4.79 Å². The lowest BCUT2D eigenvalue weighted by Gasteiger charge is -2.20. The predicted molar refractivity (Wildman–Crippen MR) is 71.1 cm³/mol. The molecular weight excluding hydrogens is 224 g/mol. The third-order valence-corrected chi connectivity index (χ3v) is 3.70. The number of nitriles is 1. The minimum Gasteiger partial charge on any atom is -0.314 e. The average Bonchev–Trinajstić information content (AvgIpc) is 2.90. The molecule has 1 aromatic rings. The van der Waals surface area contributed by atoms with E-state index in [1.165, 1.54) is 25.7 Å². The van der Waals surface area contributed by atoms with Gasteiger partial charge in [-0.25, -0.2) is 0 Å². The summed E-state index contributed by atoms with van der Waals surface area (Å²) < 4.78 is 0. The maximum absolute atomic E-state index is 12.2. The van der Waals surface area contributed by atoms with E-state index in [2.05, 4.69) is 6.07 Å². The van der Waals surface area contributed by atoms with Crippen molar-refractivity contribution in [2.75, 3.05) is 11.9 Å². The van der Waals surface area contributed by atoms with Crippen LogP contribution in [0, 0.1) is 17.2 Å².